The van der Waals surface area contributed by atoms with E-state index in [1.807, 2.05) is 24.0 Å². The van der Waals surface area contributed by atoms with E-state index < -0.39 is 0 Å². The molecule has 0 saturated carbocycles. The maximum absolute atomic E-state index is 12.4. The van der Waals surface area contributed by atoms with Gasteiger partial charge in [-0.05, 0) is 19.1 Å². The third-order valence-corrected chi connectivity index (χ3v) is 3.59. The second-order valence-corrected chi connectivity index (χ2v) is 5.04. The monoisotopic (exact) mass is 279 g/mol. The Morgan fingerprint density at radius 1 is 1.50 bits per heavy atom. The smallest absolute Gasteiger partial charge is 0.180 e. The Balaban J connectivity index is 2.06. The van der Waals surface area contributed by atoms with Crippen molar-refractivity contribution in [2.75, 3.05) is 33.4 Å². The first-order chi connectivity index (χ1) is 9.65. The van der Waals surface area contributed by atoms with Crippen LogP contribution in [-0.2, 0) is 4.74 Å². The molecule has 2 rings (SSSR count). The second-order valence-electron chi connectivity index (χ2n) is 5.04. The van der Waals surface area contributed by atoms with Crippen LogP contribution in [0.3, 0.4) is 0 Å². The predicted octanol–water partition coefficient (Wildman–Crippen LogP) is 0.959. The lowest BCUT2D eigenvalue weighted by atomic mass is 10.1. The largest absolute Gasteiger partial charge is 0.496 e. The standard InChI is InChI=1S/C15H21NO4/c1-11-10-20-12(9-17)7-16(11)8-14(18)13-5-3-4-6-15(13)19-2/h3-6,11-12,17H,7-10H2,1-2H3. The Morgan fingerprint density at radius 2 is 2.25 bits per heavy atom. The lowest BCUT2D eigenvalue weighted by molar-refractivity contribution is -0.0747. The molecule has 0 aliphatic carbocycles. The number of ether oxygens (including phenoxy) is 2. The normalized spacial score (nSPS) is 23.6. The summed E-state index contributed by atoms with van der Waals surface area (Å²) in [7, 11) is 1.56. The fraction of sp³-hybridized carbons (Fsp3) is 0.533. The van der Waals surface area contributed by atoms with E-state index in [4.69, 9.17) is 9.47 Å². The number of benzene rings is 1. The Morgan fingerprint density at radius 3 is 2.95 bits per heavy atom. The van der Waals surface area contributed by atoms with Crippen molar-refractivity contribution < 1.29 is 19.4 Å². The molecule has 20 heavy (non-hydrogen) atoms. The molecule has 1 N–H and O–H groups in total. The minimum absolute atomic E-state index is 0.0212. The van der Waals surface area contributed by atoms with Gasteiger partial charge in [0.2, 0.25) is 0 Å². The number of aliphatic hydroxyl groups excluding tert-OH is 1. The molecule has 0 bridgehead atoms. The van der Waals surface area contributed by atoms with Crippen LogP contribution < -0.4 is 4.74 Å². The molecule has 5 nitrogen and oxygen atoms in total. The first-order valence-corrected chi connectivity index (χ1v) is 6.78. The molecule has 1 aromatic carbocycles. The third kappa shape index (κ3) is 3.36. The van der Waals surface area contributed by atoms with Gasteiger partial charge in [0.1, 0.15) is 5.75 Å². The lowest BCUT2D eigenvalue weighted by Crippen LogP contribution is -2.51. The number of carbonyl (C=O) groups is 1. The number of methoxy groups -OCH3 is 1. The van der Waals surface area contributed by atoms with E-state index in [0.29, 0.717) is 31.0 Å². The zero-order valence-electron chi connectivity index (χ0n) is 11.9. The molecule has 0 spiro atoms. The predicted molar refractivity (Wildman–Crippen MR) is 75.2 cm³/mol. The summed E-state index contributed by atoms with van der Waals surface area (Å²) in [5.41, 5.74) is 0.592. The summed E-state index contributed by atoms with van der Waals surface area (Å²) in [6, 6.07) is 7.39. The number of Topliss-reactive ketones (excluding diaryl/α,β-unsaturated/α-hetero) is 1. The second kappa shape index (κ2) is 6.83. The number of hydrogen-bond donors (Lipinski definition) is 1. The van der Waals surface area contributed by atoms with Crippen molar-refractivity contribution in [1.82, 2.24) is 4.90 Å². The van der Waals surface area contributed by atoms with Crippen molar-refractivity contribution in [2.45, 2.75) is 19.1 Å². The summed E-state index contributed by atoms with van der Waals surface area (Å²) in [6.45, 7) is 3.40. The average Bonchev–Trinajstić information content (AvgIpc) is 2.49. The van der Waals surface area contributed by atoms with Gasteiger partial charge in [-0.1, -0.05) is 12.1 Å². The highest BCUT2D eigenvalue weighted by atomic mass is 16.5. The SMILES string of the molecule is COc1ccccc1C(=O)CN1CC(CO)OCC1C. The van der Waals surface area contributed by atoms with Gasteiger partial charge in [-0.3, -0.25) is 9.69 Å². The maximum Gasteiger partial charge on any atom is 0.180 e. The van der Waals surface area contributed by atoms with Crippen LogP contribution in [0.15, 0.2) is 24.3 Å². The van der Waals surface area contributed by atoms with E-state index in [1.165, 1.54) is 0 Å². The Bertz CT molecular complexity index is 463. The van der Waals surface area contributed by atoms with Crippen LogP contribution in [0, 0.1) is 0 Å². The molecule has 1 heterocycles. The average molecular weight is 279 g/mol. The third-order valence-electron chi connectivity index (χ3n) is 3.59. The van der Waals surface area contributed by atoms with Crippen molar-refractivity contribution in [2.24, 2.45) is 0 Å². The van der Waals surface area contributed by atoms with E-state index in [-0.39, 0.29) is 24.5 Å². The molecule has 110 valence electrons. The molecule has 0 aromatic heterocycles. The zero-order valence-corrected chi connectivity index (χ0v) is 11.9. The zero-order chi connectivity index (χ0) is 14.5. The van der Waals surface area contributed by atoms with Crippen LogP contribution in [0.25, 0.3) is 0 Å². The van der Waals surface area contributed by atoms with Gasteiger partial charge in [0.05, 0.1) is 38.5 Å². The van der Waals surface area contributed by atoms with E-state index in [2.05, 4.69) is 0 Å². The van der Waals surface area contributed by atoms with Crippen molar-refractivity contribution >= 4 is 5.78 Å². The molecule has 0 radical (unpaired) electrons. The Labute approximate surface area is 119 Å². The van der Waals surface area contributed by atoms with Gasteiger partial charge in [-0.2, -0.15) is 0 Å². The first kappa shape index (κ1) is 15.0. The quantitative estimate of drug-likeness (QED) is 0.814. The van der Waals surface area contributed by atoms with Crippen molar-refractivity contribution in [3.8, 4) is 5.75 Å². The molecule has 1 saturated heterocycles. The van der Waals surface area contributed by atoms with E-state index in [9.17, 15) is 9.90 Å². The van der Waals surface area contributed by atoms with Gasteiger partial charge in [0, 0.05) is 12.6 Å². The number of ketones is 1. The molecule has 1 fully saturated rings. The Kier molecular flexibility index (Phi) is 5.11. The summed E-state index contributed by atoms with van der Waals surface area (Å²) < 4.78 is 10.7. The van der Waals surface area contributed by atoms with Crippen LogP contribution >= 0.6 is 0 Å². The van der Waals surface area contributed by atoms with Gasteiger partial charge < -0.3 is 14.6 Å². The summed E-state index contributed by atoms with van der Waals surface area (Å²) in [5, 5.41) is 9.17. The van der Waals surface area contributed by atoms with Crippen molar-refractivity contribution in [3.63, 3.8) is 0 Å². The number of morpholine rings is 1. The fourth-order valence-corrected chi connectivity index (χ4v) is 2.35. The fourth-order valence-electron chi connectivity index (χ4n) is 2.35. The van der Waals surface area contributed by atoms with Crippen LogP contribution in [0.2, 0.25) is 0 Å². The highest BCUT2D eigenvalue weighted by molar-refractivity contribution is 6.00. The van der Waals surface area contributed by atoms with Crippen molar-refractivity contribution in [3.05, 3.63) is 29.8 Å². The molecule has 5 heteroatoms. The number of hydrogen-bond acceptors (Lipinski definition) is 5. The van der Waals surface area contributed by atoms with Crippen LogP contribution in [-0.4, -0.2) is 61.3 Å². The molecule has 0 amide bonds. The number of carbonyl (C=O) groups excluding carboxylic acids is 1. The summed E-state index contributed by atoms with van der Waals surface area (Å²) in [5.74, 6) is 0.616. The lowest BCUT2D eigenvalue weighted by Gasteiger charge is -2.36. The molecule has 1 aliphatic heterocycles. The van der Waals surface area contributed by atoms with Gasteiger partial charge in [-0.25, -0.2) is 0 Å². The topological polar surface area (TPSA) is 59.0 Å². The minimum Gasteiger partial charge on any atom is -0.496 e. The molecule has 1 aliphatic rings. The maximum atomic E-state index is 12.4. The minimum atomic E-state index is -0.211. The number of rotatable bonds is 5. The summed E-state index contributed by atoms with van der Waals surface area (Å²) in [4.78, 5) is 14.4. The van der Waals surface area contributed by atoms with Crippen LogP contribution in [0.5, 0.6) is 5.75 Å². The van der Waals surface area contributed by atoms with Gasteiger partial charge in [-0.15, -0.1) is 0 Å². The first-order valence-electron chi connectivity index (χ1n) is 6.78. The number of para-hydroxylation sites is 1. The molecule has 2 unspecified atom stereocenters. The van der Waals surface area contributed by atoms with Gasteiger partial charge in [0.15, 0.2) is 5.78 Å². The summed E-state index contributed by atoms with van der Waals surface area (Å²) >= 11 is 0. The van der Waals surface area contributed by atoms with E-state index >= 15 is 0 Å². The number of nitrogens with zero attached hydrogens (tertiary/aromatic N) is 1. The van der Waals surface area contributed by atoms with Crippen molar-refractivity contribution in [1.29, 1.82) is 0 Å². The molecular weight excluding hydrogens is 258 g/mol. The molecule has 1 aromatic rings. The summed E-state index contributed by atoms with van der Waals surface area (Å²) in [6.07, 6.45) is -0.211. The van der Waals surface area contributed by atoms with E-state index in [0.717, 1.165) is 0 Å². The number of aliphatic hydroxyl groups is 1. The van der Waals surface area contributed by atoms with Gasteiger partial charge >= 0.3 is 0 Å². The molecule has 2 atom stereocenters. The Hall–Kier alpha value is -1.43. The van der Waals surface area contributed by atoms with Gasteiger partial charge in [0.25, 0.3) is 0 Å². The highest BCUT2D eigenvalue weighted by Gasteiger charge is 2.27. The highest BCUT2D eigenvalue weighted by Crippen LogP contribution is 2.19. The van der Waals surface area contributed by atoms with Crippen LogP contribution in [0.1, 0.15) is 17.3 Å². The van der Waals surface area contributed by atoms with Crippen LogP contribution in [0.4, 0.5) is 0 Å². The van der Waals surface area contributed by atoms with E-state index in [1.54, 1.807) is 19.2 Å². The molecular formula is C15H21NO4.